The summed E-state index contributed by atoms with van der Waals surface area (Å²) in [5.41, 5.74) is 2.05. The molecule has 3 rings (SSSR count). The van der Waals surface area contributed by atoms with Crippen molar-refractivity contribution in [1.82, 2.24) is 5.32 Å². The monoisotopic (exact) mass is 373 g/mol. The fraction of sp³-hybridized carbons (Fsp3) is 0.125. The molecule has 0 aromatic heterocycles. The molecule has 0 aliphatic rings. The lowest BCUT2D eigenvalue weighted by Crippen LogP contribution is -2.24. The van der Waals surface area contributed by atoms with E-state index in [0.29, 0.717) is 6.54 Å². The van der Waals surface area contributed by atoms with Crippen LogP contribution < -0.4 is 10.1 Å². The molecule has 0 fully saturated rings. The van der Waals surface area contributed by atoms with E-state index in [4.69, 9.17) is 9.47 Å². The van der Waals surface area contributed by atoms with Crippen LogP contribution in [-0.2, 0) is 11.3 Å². The van der Waals surface area contributed by atoms with Gasteiger partial charge in [0.05, 0.1) is 0 Å². The molecule has 0 aliphatic carbocycles. The zero-order valence-corrected chi connectivity index (χ0v) is 15.6. The Morgan fingerprint density at radius 3 is 2.18 bits per heavy atom. The van der Waals surface area contributed by atoms with E-state index in [1.54, 1.807) is 0 Å². The van der Waals surface area contributed by atoms with Crippen molar-refractivity contribution in [1.29, 1.82) is 0 Å². The number of para-hydroxylation sites is 1. The van der Waals surface area contributed by atoms with Gasteiger partial charge in [-0.15, -0.1) is 0 Å². The van der Waals surface area contributed by atoms with Crippen LogP contribution in [0.3, 0.4) is 0 Å². The zero-order valence-electron chi connectivity index (χ0n) is 15.6. The van der Waals surface area contributed by atoms with Crippen LogP contribution in [0.25, 0.3) is 6.08 Å². The highest BCUT2D eigenvalue weighted by Gasteiger charge is 2.01. The molecule has 1 amide bonds. The smallest absolute Gasteiger partial charge is 0.407 e. The standard InChI is InChI=1S/C24H23NO3/c26-24(27-19-21-10-3-1-4-11-21)25-18-8-7-9-20-14-16-23(17-15-20)28-22-12-5-2-6-13-22/h1-7,9-17H,8,18-19H2,(H,25,26). The molecule has 0 bridgehead atoms. The van der Waals surface area contributed by atoms with Crippen molar-refractivity contribution in [2.75, 3.05) is 6.54 Å². The predicted molar refractivity (Wildman–Crippen MR) is 111 cm³/mol. The Kier molecular flexibility index (Phi) is 7.27. The molecule has 0 radical (unpaired) electrons. The summed E-state index contributed by atoms with van der Waals surface area (Å²) in [7, 11) is 0. The number of benzene rings is 3. The minimum absolute atomic E-state index is 0.278. The second-order valence-electron chi connectivity index (χ2n) is 6.16. The van der Waals surface area contributed by atoms with Gasteiger partial charge >= 0.3 is 6.09 Å². The van der Waals surface area contributed by atoms with E-state index in [0.717, 1.165) is 29.0 Å². The van der Waals surface area contributed by atoms with Crippen molar-refractivity contribution < 1.29 is 14.3 Å². The lowest BCUT2D eigenvalue weighted by molar-refractivity contribution is 0.140. The van der Waals surface area contributed by atoms with Gasteiger partial charge in [-0.3, -0.25) is 0 Å². The fourth-order valence-corrected chi connectivity index (χ4v) is 2.52. The summed E-state index contributed by atoms with van der Waals surface area (Å²) in [6.07, 6.45) is 4.36. The predicted octanol–water partition coefficient (Wildman–Crippen LogP) is 5.81. The number of hydrogen-bond donors (Lipinski definition) is 1. The lowest BCUT2D eigenvalue weighted by Gasteiger charge is -2.06. The zero-order chi connectivity index (χ0) is 19.4. The van der Waals surface area contributed by atoms with Crippen LogP contribution in [0, 0.1) is 0 Å². The van der Waals surface area contributed by atoms with Gasteiger partial charge in [-0.1, -0.05) is 72.8 Å². The molecule has 3 aromatic rings. The van der Waals surface area contributed by atoms with Crippen LogP contribution in [-0.4, -0.2) is 12.6 Å². The first-order valence-electron chi connectivity index (χ1n) is 9.24. The van der Waals surface area contributed by atoms with Gasteiger partial charge < -0.3 is 14.8 Å². The third-order valence-electron chi connectivity index (χ3n) is 3.96. The van der Waals surface area contributed by atoms with Crippen molar-refractivity contribution in [3.05, 3.63) is 102 Å². The van der Waals surface area contributed by atoms with Crippen LogP contribution in [0.4, 0.5) is 4.79 Å². The summed E-state index contributed by atoms with van der Waals surface area (Å²) in [5, 5.41) is 2.74. The highest BCUT2D eigenvalue weighted by molar-refractivity contribution is 5.67. The van der Waals surface area contributed by atoms with E-state index < -0.39 is 6.09 Å². The second-order valence-corrected chi connectivity index (χ2v) is 6.16. The SMILES string of the molecule is O=C(NCCC=Cc1ccc(Oc2ccccc2)cc1)OCc1ccccc1. The topological polar surface area (TPSA) is 47.6 Å². The molecular formula is C24H23NO3. The largest absolute Gasteiger partial charge is 0.457 e. The maximum atomic E-state index is 11.7. The molecule has 1 N–H and O–H groups in total. The lowest BCUT2D eigenvalue weighted by atomic mass is 10.2. The van der Waals surface area contributed by atoms with Crippen molar-refractivity contribution in [3.63, 3.8) is 0 Å². The number of carbonyl (C=O) groups excluding carboxylic acids is 1. The van der Waals surface area contributed by atoms with Gasteiger partial charge in [-0.25, -0.2) is 4.79 Å². The highest BCUT2D eigenvalue weighted by Crippen LogP contribution is 2.21. The molecule has 4 heteroatoms. The molecule has 0 saturated heterocycles. The fourth-order valence-electron chi connectivity index (χ4n) is 2.52. The Morgan fingerprint density at radius 2 is 1.46 bits per heavy atom. The summed E-state index contributed by atoms with van der Waals surface area (Å²) in [6.45, 7) is 0.805. The number of hydrogen-bond acceptors (Lipinski definition) is 3. The van der Waals surface area contributed by atoms with Crippen molar-refractivity contribution in [2.45, 2.75) is 13.0 Å². The number of ether oxygens (including phenoxy) is 2. The Labute approximate surface area is 165 Å². The Morgan fingerprint density at radius 1 is 0.821 bits per heavy atom. The number of amides is 1. The first-order valence-corrected chi connectivity index (χ1v) is 9.24. The minimum atomic E-state index is -0.403. The molecule has 0 aliphatic heterocycles. The van der Waals surface area contributed by atoms with E-state index in [1.165, 1.54) is 0 Å². The van der Waals surface area contributed by atoms with Crippen molar-refractivity contribution >= 4 is 12.2 Å². The highest BCUT2D eigenvalue weighted by atomic mass is 16.5. The van der Waals surface area contributed by atoms with E-state index in [9.17, 15) is 4.79 Å². The van der Waals surface area contributed by atoms with Crippen LogP contribution in [0.1, 0.15) is 17.5 Å². The van der Waals surface area contributed by atoms with E-state index in [-0.39, 0.29) is 6.61 Å². The van der Waals surface area contributed by atoms with Gasteiger partial charge in [0, 0.05) is 6.54 Å². The summed E-state index contributed by atoms with van der Waals surface area (Å²) in [4.78, 5) is 11.7. The van der Waals surface area contributed by atoms with Crippen LogP contribution in [0.5, 0.6) is 11.5 Å². The maximum Gasteiger partial charge on any atom is 0.407 e. The quantitative estimate of drug-likeness (QED) is 0.507. The van der Waals surface area contributed by atoms with Gasteiger partial charge in [0.1, 0.15) is 18.1 Å². The van der Waals surface area contributed by atoms with Crippen molar-refractivity contribution in [3.8, 4) is 11.5 Å². The molecule has 4 nitrogen and oxygen atoms in total. The molecule has 0 spiro atoms. The van der Waals surface area contributed by atoms with Gasteiger partial charge in [0.15, 0.2) is 0 Å². The third kappa shape index (κ3) is 6.65. The van der Waals surface area contributed by atoms with Gasteiger partial charge in [0.2, 0.25) is 0 Å². The second kappa shape index (κ2) is 10.6. The van der Waals surface area contributed by atoms with Gasteiger partial charge in [-0.2, -0.15) is 0 Å². The average molecular weight is 373 g/mol. The Hall–Kier alpha value is -3.53. The van der Waals surface area contributed by atoms with Crippen molar-refractivity contribution in [2.24, 2.45) is 0 Å². The van der Waals surface area contributed by atoms with E-state index in [1.807, 2.05) is 97.1 Å². The molecular weight excluding hydrogens is 350 g/mol. The first-order chi connectivity index (χ1) is 13.8. The summed E-state index contributed by atoms with van der Waals surface area (Å²) < 4.78 is 10.9. The molecule has 0 saturated carbocycles. The minimum Gasteiger partial charge on any atom is -0.457 e. The number of rotatable bonds is 8. The average Bonchev–Trinajstić information content (AvgIpc) is 2.75. The number of nitrogens with one attached hydrogen (secondary N) is 1. The van der Waals surface area contributed by atoms with Crippen LogP contribution in [0.2, 0.25) is 0 Å². The van der Waals surface area contributed by atoms with Gasteiger partial charge in [-0.05, 0) is 41.8 Å². The molecule has 3 aromatic carbocycles. The molecule has 28 heavy (non-hydrogen) atoms. The van der Waals surface area contributed by atoms with Crippen LogP contribution in [0.15, 0.2) is 91.0 Å². The number of carbonyl (C=O) groups is 1. The normalized spacial score (nSPS) is 10.6. The maximum absolute atomic E-state index is 11.7. The third-order valence-corrected chi connectivity index (χ3v) is 3.96. The van der Waals surface area contributed by atoms with E-state index >= 15 is 0 Å². The molecule has 0 heterocycles. The van der Waals surface area contributed by atoms with Gasteiger partial charge in [0.25, 0.3) is 0 Å². The number of alkyl carbamates (subject to hydrolysis) is 1. The molecule has 0 unspecified atom stereocenters. The first kappa shape index (κ1) is 19.2. The molecule has 142 valence electrons. The summed E-state index contributed by atoms with van der Waals surface area (Å²) in [5.74, 6) is 1.61. The summed E-state index contributed by atoms with van der Waals surface area (Å²) >= 11 is 0. The van der Waals surface area contributed by atoms with E-state index in [2.05, 4.69) is 5.32 Å². The Bertz CT molecular complexity index is 875. The summed E-state index contributed by atoms with van der Waals surface area (Å²) in [6, 6.07) is 27.2. The van der Waals surface area contributed by atoms with Crippen LogP contribution >= 0.6 is 0 Å². The molecule has 0 atom stereocenters. The Balaban J connectivity index is 1.35.